The first kappa shape index (κ1) is 6.16. The fourth-order valence-corrected chi connectivity index (χ4v) is 1.84. The highest BCUT2D eigenvalue weighted by Gasteiger charge is 2.39. The summed E-state index contributed by atoms with van der Waals surface area (Å²) in [7, 11) is 0. The number of hydrogen-bond donors (Lipinski definition) is 2. The first-order valence-corrected chi connectivity index (χ1v) is 3.83. The molecule has 10 heavy (non-hydrogen) atoms. The zero-order valence-electron chi connectivity index (χ0n) is 5.94. The van der Waals surface area contributed by atoms with E-state index in [1.54, 1.807) is 0 Å². The van der Waals surface area contributed by atoms with Crippen molar-refractivity contribution in [1.29, 1.82) is 0 Å². The van der Waals surface area contributed by atoms with Gasteiger partial charge in [-0.25, -0.2) is 0 Å². The van der Waals surface area contributed by atoms with Crippen LogP contribution in [0.25, 0.3) is 0 Å². The van der Waals surface area contributed by atoms with Gasteiger partial charge in [0.15, 0.2) is 0 Å². The Balaban J connectivity index is 2.09. The Hall–Kier alpha value is -0.570. The van der Waals surface area contributed by atoms with Gasteiger partial charge in [-0.2, -0.15) is 0 Å². The van der Waals surface area contributed by atoms with Crippen LogP contribution in [-0.2, 0) is 4.79 Å². The molecule has 1 atom stereocenters. The van der Waals surface area contributed by atoms with Crippen LogP contribution < -0.4 is 10.6 Å². The average Bonchev–Trinajstić information content (AvgIpc) is 2.46. The normalized spacial score (nSPS) is 39.0. The number of rotatable bonds is 0. The molecule has 1 spiro atoms. The van der Waals surface area contributed by atoms with Crippen molar-refractivity contribution in [3.05, 3.63) is 0 Å². The molecule has 1 unspecified atom stereocenters. The molecule has 2 N–H and O–H groups in total. The zero-order chi connectivity index (χ0) is 7.03. The van der Waals surface area contributed by atoms with Gasteiger partial charge >= 0.3 is 0 Å². The summed E-state index contributed by atoms with van der Waals surface area (Å²) in [4.78, 5) is 10.9. The van der Waals surface area contributed by atoms with Gasteiger partial charge in [0.1, 0.15) is 0 Å². The average molecular weight is 140 g/mol. The molecule has 0 aromatic rings. The molecule has 0 aromatic carbocycles. The summed E-state index contributed by atoms with van der Waals surface area (Å²) < 4.78 is 0. The maximum absolute atomic E-state index is 10.9. The summed E-state index contributed by atoms with van der Waals surface area (Å²) >= 11 is 0. The SMILES string of the molecule is O=C1CCC2(CCNC2)N1. The second-order valence-electron chi connectivity index (χ2n) is 3.26. The van der Waals surface area contributed by atoms with Gasteiger partial charge in [-0.15, -0.1) is 0 Å². The fraction of sp³-hybridized carbons (Fsp3) is 0.857. The topological polar surface area (TPSA) is 41.1 Å². The van der Waals surface area contributed by atoms with E-state index in [2.05, 4.69) is 10.6 Å². The predicted molar refractivity (Wildman–Crippen MR) is 37.6 cm³/mol. The van der Waals surface area contributed by atoms with Crippen LogP contribution in [0.5, 0.6) is 0 Å². The molecule has 3 nitrogen and oxygen atoms in total. The summed E-state index contributed by atoms with van der Waals surface area (Å²) in [6, 6.07) is 0. The van der Waals surface area contributed by atoms with Crippen molar-refractivity contribution < 1.29 is 4.79 Å². The van der Waals surface area contributed by atoms with Gasteiger partial charge in [0.2, 0.25) is 5.91 Å². The Morgan fingerprint density at radius 2 is 2.30 bits per heavy atom. The molecular weight excluding hydrogens is 128 g/mol. The molecule has 0 saturated carbocycles. The van der Waals surface area contributed by atoms with Crippen LogP contribution in [0, 0.1) is 0 Å². The van der Waals surface area contributed by atoms with Crippen LogP contribution in [0.15, 0.2) is 0 Å². The smallest absolute Gasteiger partial charge is 0.220 e. The first-order valence-electron chi connectivity index (χ1n) is 3.83. The Labute approximate surface area is 60.2 Å². The Morgan fingerprint density at radius 1 is 1.40 bits per heavy atom. The van der Waals surface area contributed by atoms with Crippen molar-refractivity contribution in [3.63, 3.8) is 0 Å². The highest BCUT2D eigenvalue weighted by atomic mass is 16.2. The summed E-state index contributed by atoms with van der Waals surface area (Å²) in [5.41, 5.74) is 0.150. The van der Waals surface area contributed by atoms with Gasteiger partial charge < -0.3 is 10.6 Å². The summed E-state index contributed by atoms with van der Waals surface area (Å²) in [6.45, 7) is 2.03. The zero-order valence-corrected chi connectivity index (χ0v) is 5.94. The first-order chi connectivity index (χ1) is 4.81. The minimum absolute atomic E-state index is 0.150. The number of amides is 1. The molecule has 0 bridgehead atoms. The lowest BCUT2D eigenvalue weighted by Crippen LogP contribution is -2.43. The molecule has 3 heteroatoms. The minimum atomic E-state index is 0.150. The Kier molecular flexibility index (Phi) is 1.20. The number of carbonyl (C=O) groups excluding carboxylic acids is 1. The molecule has 1 amide bonds. The molecule has 2 rings (SSSR count). The molecular formula is C7H12N2O. The molecule has 56 valence electrons. The van der Waals surface area contributed by atoms with Crippen molar-refractivity contribution >= 4 is 5.91 Å². The molecule has 2 fully saturated rings. The number of nitrogens with one attached hydrogen (secondary N) is 2. The number of carbonyl (C=O) groups is 1. The second kappa shape index (κ2) is 1.95. The maximum atomic E-state index is 10.9. The van der Waals surface area contributed by atoms with E-state index in [1.165, 1.54) is 0 Å². The van der Waals surface area contributed by atoms with Gasteiger partial charge in [-0.3, -0.25) is 4.79 Å². The summed E-state index contributed by atoms with van der Waals surface area (Å²) in [5, 5.41) is 6.29. The van der Waals surface area contributed by atoms with Gasteiger partial charge in [0.05, 0.1) is 5.54 Å². The van der Waals surface area contributed by atoms with E-state index in [0.29, 0.717) is 0 Å². The molecule has 0 aliphatic carbocycles. The summed E-state index contributed by atoms with van der Waals surface area (Å²) in [6.07, 6.45) is 2.86. The minimum Gasteiger partial charge on any atom is -0.349 e. The van der Waals surface area contributed by atoms with Crippen LogP contribution in [0.3, 0.4) is 0 Å². The van der Waals surface area contributed by atoms with Crippen LogP contribution in [-0.4, -0.2) is 24.5 Å². The van der Waals surface area contributed by atoms with Crippen molar-refractivity contribution in [3.8, 4) is 0 Å². The molecule has 2 heterocycles. The quantitative estimate of drug-likeness (QED) is 0.482. The third-order valence-electron chi connectivity index (χ3n) is 2.48. The number of hydrogen-bond acceptors (Lipinski definition) is 2. The lowest BCUT2D eigenvalue weighted by Gasteiger charge is -2.20. The fourth-order valence-electron chi connectivity index (χ4n) is 1.84. The maximum Gasteiger partial charge on any atom is 0.220 e. The van der Waals surface area contributed by atoms with Gasteiger partial charge in [0, 0.05) is 13.0 Å². The highest BCUT2D eigenvalue weighted by Crippen LogP contribution is 2.25. The van der Waals surface area contributed by atoms with Gasteiger partial charge in [0.25, 0.3) is 0 Å². The van der Waals surface area contributed by atoms with E-state index >= 15 is 0 Å². The Morgan fingerprint density at radius 3 is 2.80 bits per heavy atom. The van der Waals surface area contributed by atoms with Crippen LogP contribution in [0.2, 0.25) is 0 Å². The van der Waals surface area contributed by atoms with Crippen molar-refractivity contribution in [2.24, 2.45) is 0 Å². The van der Waals surface area contributed by atoms with Crippen LogP contribution in [0.4, 0.5) is 0 Å². The standard InChI is InChI=1S/C7H12N2O/c10-6-1-2-7(9-6)3-4-8-5-7/h8H,1-5H2,(H,9,10). The predicted octanol–water partition coefficient (Wildman–Crippen LogP) is -0.372. The van der Waals surface area contributed by atoms with Crippen LogP contribution >= 0.6 is 0 Å². The lowest BCUT2D eigenvalue weighted by molar-refractivity contribution is -0.119. The molecule has 0 aromatic heterocycles. The van der Waals surface area contributed by atoms with E-state index < -0.39 is 0 Å². The molecule has 2 aliphatic heterocycles. The van der Waals surface area contributed by atoms with E-state index in [4.69, 9.17) is 0 Å². The van der Waals surface area contributed by atoms with Crippen molar-refractivity contribution in [2.45, 2.75) is 24.8 Å². The third-order valence-corrected chi connectivity index (χ3v) is 2.48. The lowest BCUT2D eigenvalue weighted by atomic mass is 9.97. The second-order valence-corrected chi connectivity index (χ2v) is 3.26. The molecule has 2 aliphatic rings. The molecule has 2 saturated heterocycles. The van der Waals surface area contributed by atoms with E-state index in [0.717, 1.165) is 32.4 Å². The van der Waals surface area contributed by atoms with E-state index in [9.17, 15) is 4.79 Å². The van der Waals surface area contributed by atoms with Gasteiger partial charge in [-0.1, -0.05) is 0 Å². The molecule has 0 radical (unpaired) electrons. The van der Waals surface area contributed by atoms with Crippen LogP contribution in [0.1, 0.15) is 19.3 Å². The largest absolute Gasteiger partial charge is 0.349 e. The van der Waals surface area contributed by atoms with Gasteiger partial charge in [-0.05, 0) is 19.4 Å². The van der Waals surface area contributed by atoms with E-state index in [1.807, 2.05) is 0 Å². The monoisotopic (exact) mass is 140 g/mol. The van der Waals surface area contributed by atoms with E-state index in [-0.39, 0.29) is 11.4 Å². The summed E-state index contributed by atoms with van der Waals surface area (Å²) in [5.74, 6) is 0.226. The van der Waals surface area contributed by atoms with Crippen molar-refractivity contribution in [1.82, 2.24) is 10.6 Å². The third kappa shape index (κ3) is 0.814. The highest BCUT2D eigenvalue weighted by molar-refractivity contribution is 5.79. The van der Waals surface area contributed by atoms with Crippen molar-refractivity contribution in [2.75, 3.05) is 13.1 Å². The Bertz CT molecular complexity index is 161.